The number of benzene rings is 3. The fraction of sp³-hybridized carbons (Fsp3) is 0.192. The second kappa shape index (κ2) is 9.33. The van der Waals surface area contributed by atoms with Crippen molar-refractivity contribution in [1.29, 1.82) is 0 Å². The number of rotatable bonds is 7. The van der Waals surface area contributed by atoms with Gasteiger partial charge in [0.15, 0.2) is 0 Å². The molecule has 0 aromatic heterocycles. The number of halogens is 1. The Balaban J connectivity index is 1.78. The maximum absolute atomic E-state index is 14.8. The van der Waals surface area contributed by atoms with Gasteiger partial charge in [-0.05, 0) is 52.8 Å². The molecule has 0 spiro atoms. The molecule has 0 bridgehead atoms. The van der Waals surface area contributed by atoms with E-state index in [0.29, 0.717) is 17.2 Å². The van der Waals surface area contributed by atoms with E-state index in [1.165, 1.54) is 5.56 Å². The first-order chi connectivity index (χ1) is 14.0. The Bertz CT molecular complexity index is 988. The smallest absolute Gasteiger partial charge is 0.335 e. The van der Waals surface area contributed by atoms with Crippen LogP contribution in [0, 0.1) is 11.7 Å². The predicted octanol–water partition coefficient (Wildman–Crippen LogP) is 6.84. The highest BCUT2D eigenvalue weighted by atomic mass is 19.1. The van der Waals surface area contributed by atoms with Gasteiger partial charge in [-0.15, -0.1) is 0 Å². The molecule has 0 fully saturated rings. The average molecular weight is 388 g/mol. The summed E-state index contributed by atoms with van der Waals surface area (Å²) in [5.74, 6) is 0.239. The Morgan fingerprint density at radius 3 is 2.21 bits per heavy atom. The Labute approximate surface area is 171 Å². The Kier molecular flexibility index (Phi) is 6.61. The number of ether oxygens (including phenoxy) is 1. The van der Waals surface area contributed by atoms with E-state index < -0.39 is 5.97 Å². The molecule has 0 N–H and O–H groups in total. The van der Waals surface area contributed by atoms with Crippen molar-refractivity contribution in [1.82, 2.24) is 0 Å². The van der Waals surface area contributed by atoms with Gasteiger partial charge in [0.2, 0.25) is 0 Å². The molecular formula is C26H25FO2. The Morgan fingerprint density at radius 1 is 1.00 bits per heavy atom. The van der Waals surface area contributed by atoms with Gasteiger partial charge in [0.1, 0.15) is 11.6 Å². The molecule has 0 heterocycles. The van der Waals surface area contributed by atoms with Crippen LogP contribution in [0.3, 0.4) is 0 Å². The number of carbonyl (C=O) groups excluding carboxylic acids is 1. The first kappa shape index (κ1) is 20.5. The normalized spacial score (nSPS) is 11.7. The molecule has 148 valence electrons. The number of hydrogen-bond acceptors (Lipinski definition) is 2. The van der Waals surface area contributed by atoms with Crippen LogP contribution in [0.15, 0.2) is 79.4 Å². The molecule has 2 nitrogen and oxygen atoms in total. The fourth-order valence-electron chi connectivity index (χ4n) is 3.17. The van der Waals surface area contributed by atoms with Gasteiger partial charge in [0.25, 0.3) is 0 Å². The summed E-state index contributed by atoms with van der Waals surface area (Å²) in [7, 11) is 0. The van der Waals surface area contributed by atoms with Crippen LogP contribution >= 0.6 is 0 Å². The molecule has 0 aliphatic rings. The number of hydrogen-bond donors (Lipinski definition) is 0. The Hall–Kier alpha value is -3.20. The minimum absolute atomic E-state index is 0.290. The van der Waals surface area contributed by atoms with Gasteiger partial charge in [-0.25, -0.2) is 9.18 Å². The number of carbonyl (C=O) groups is 1. The lowest BCUT2D eigenvalue weighted by atomic mass is 9.95. The molecule has 3 aromatic carbocycles. The molecule has 0 radical (unpaired) electrons. The van der Waals surface area contributed by atoms with Crippen molar-refractivity contribution in [3.05, 3.63) is 90.8 Å². The topological polar surface area (TPSA) is 26.3 Å². The molecule has 0 unspecified atom stereocenters. The van der Waals surface area contributed by atoms with Crippen molar-refractivity contribution < 1.29 is 13.9 Å². The van der Waals surface area contributed by atoms with E-state index in [-0.39, 0.29) is 5.82 Å². The second-order valence-corrected chi connectivity index (χ2v) is 7.26. The summed E-state index contributed by atoms with van der Waals surface area (Å²) in [4.78, 5) is 11.3. The summed E-state index contributed by atoms with van der Waals surface area (Å²) in [6.07, 6.45) is 3.32. The van der Waals surface area contributed by atoms with E-state index in [2.05, 4.69) is 44.7 Å². The zero-order valence-electron chi connectivity index (χ0n) is 16.8. The van der Waals surface area contributed by atoms with E-state index in [0.717, 1.165) is 35.6 Å². The molecule has 0 aliphatic heterocycles. The third-order valence-electron chi connectivity index (χ3n) is 5.09. The van der Waals surface area contributed by atoms with Crippen LogP contribution in [0.1, 0.15) is 25.8 Å². The van der Waals surface area contributed by atoms with Crippen molar-refractivity contribution in [3.63, 3.8) is 0 Å². The van der Waals surface area contributed by atoms with Gasteiger partial charge >= 0.3 is 5.97 Å². The third-order valence-corrected chi connectivity index (χ3v) is 5.09. The molecular weight excluding hydrogens is 363 g/mol. The molecule has 0 amide bonds. The summed E-state index contributed by atoms with van der Waals surface area (Å²) in [6.45, 7) is 7.81. The largest absolute Gasteiger partial charge is 0.423 e. The monoisotopic (exact) mass is 388 g/mol. The van der Waals surface area contributed by atoms with E-state index in [4.69, 9.17) is 4.74 Å². The third kappa shape index (κ3) is 5.20. The zero-order chi connectivity index (χ0) is 20.8. The first-order valence-electron chi connectivity index (χ1n) is 9.83. The second-order valence-electron chi connectivity index (χ2n) is 7.26. The highest BCUT2D eigenvalue weighted by Crippen LogP contribution is 2.29. The van der Waals surface area contributed by atoms with Crippen LogP contribution in [-0.2, 0) is 11.2 Å². The fourth-order valence-corrected chi connectivity index (χ4v) is 3.17. The van der Waals surface area contributed by atoms with Crippen molar-refractivity contribution in [3.8, 4) is 28.0 Å². The predicted molar refractivity (Wildman–Crippen MR) is 116 cm³/mol. The average Bonchev–Trinajstić information content (AvgIpc) is 2.74. The van der Waals surface area contributed by atoms with Crippen LogP contribution in [0.25, 0.3) is 22.3 Å². The minimum Gasteiger partial charge on any atom is -0.423 e. The molecule has 1 atom stereocenters. The molecule has 3 heteroatoms. The van der Waals surface area contributed by atoms with E-state index >= 15 is 0 Å². The van der Waals surface area contributed by atoms with E-state index in [9.17, 15) is 9.18 Å². The van der Waals surface area contributed by atoms with Gasteiger partial charge < -0.3 is 4.74 Å². The van der Waals surface area contributed by atoms with Crippen LogP contribution in [0.5, 0.6) is 5.75 Å². The summed E-state index contributed by atoms with van der Waals surface area (Å²) in [6, 6.07) is 20.3. The van der Waals surface area contributed by atoms with Crippen molar-refractivity contribution in [2.24, 2.45) is 5.92 Å². The van der Waals surface area contributed by atoms with Gasteiger partial charge in [0, 0.05) is 11.6 Å². The van der Waals surface area contributed by atoms with Gasteiger partial charge in [-0.2, -0.15) is 0 Å². The maximum Gasteiger partial charge on any atom is 0.335 e. The lowest BCUT2D eigenvalue weighted by molar-refractivity contribution is -0.128. The highest BCUT2D eigenvalue weighted by Gasteiger charge is 2.09. The summed E-state index contributed by atoms with van der Waals surface area (Å²) in [5, 5.41) is 0. The molecule has 0 saturated heterocycles. The van der Waals surface area contributed by atoms with E-state index in [1.54, 1.807) is 36.4 Å². The van der Waals surface area contributed by atoms with Crippen molar-refractivity contribution in [2.75, 3.05) is 0 Å². The summed E-state index contributed by atoms with van der Waals surface area (Å²) < 4.78 is 19.8. The van der Waals surface area contributed by atoms with Crippen LogP contribution in [-0.4, -0.2) is 5.97 Å². The molecule has 0 aliphatic carbocycles. The van der Waals surface area contributed by atoms with E-state index in [1.807, 2.05) is 6.07 Å². The molecule has 3 rings (SSSR count). The van der Waals surface area contributed by atoms with Crippen LogP contribution in [0.2, 0.25) is 0 Å². The zero-order valence-corrected chi connectivity index (χ0v) is 16.8. The minimum atomic E-state index is -0.525. The summed E-state index contributed by atoms with van der Waals surface area (Å²) >= 11 is 0. The first-order valence-corrected chi connectivity index (χ1v) is 9.83. The van der Waals surface area contributed by atoms with Crippen LogP contribution in [0.4, 0.5) is 4.39 Å². The maximum atomic E-state index is 14.8. The van der Waals surface area contributed by atoms with Crippen molar-refractivity contribution in [2.45, 2.75) is 26.7 Å². The van der Waals surface area contributed by atoms with Gasteiger partial charge in [-0.3, -0.25) is 0 Å². The molecule has 0 saturated carbocycles. The van der Waals surface area contributed by atoms with Crippen molar-refractivity contribution >= 4 is 5.97 Å². The SMILES string of the molecule is C=CC(=O)Oc1ccc(-c2ccc(-c3ccc(C[C@@H](C)CC)cc3)cc2F)cc1. The standard InChI is InChI=1S/C26H25FO2/c1-4-18(3)16-19-6-8-20(9-7-19)22-12-15-24(25(27)17-22)21-10-13-23(14-11-21)29-26(28)5-2/h5-15,17-18H,2,4,16H2,1,3H3/t18-/m0/s1. The van der Waals surface area contributed by atoms with Crippen LogP contribution < -0.4 is 4.74 Å². The van der Waals surface area contributed by atoms with Gasteiger partial charge in [-0.1, -0.05) is 75.4 Å². The highest BCUT2D eigenvalue weighted by molar-refractivity contribution is 5.83. The summed E-state index contributed by atoms with van der Waals surface area (Å²) in [5.41, 5.74) is 4.37. The quantitative estimate of drug-likeness (QED) is 0.252. The van der Waals surface area contributed by atoms with Gasteiger partial charge in [0.05, 0.1) is 0 Å². The Morgan fingerprint density at radius 2 is 1.62 bits per heavy atom. The lowest BCUT2D eigenvalue weighted by Gasteiger charge is -2.10. The molecule has 29 heavy (non-hydrogen) atoms. The molecule has 3 aromatic rings. The number of esters is 1. The lowest BCUT2D eigenvalue weighted by Crippen LogP contribution is -2.02.